The van der Waals surface area contributed by atoms with Crippen LogP contribution in [0.5, 0.6) is 0 Å². The number of fused-ring (bicyclic) bond motifs is 1. The van der Waals surface area contributed by atoms with Gasteiger partial charge in [0, 0.05) is 0 Å². The summed E-state index contributed by atoms with van der Waals surface area (Å²) in [6.45, 7) is 7.93. The molecule has 0 bridgehead atoms. The van der Waals surface area contributed by atoms with Crippen LogP contribution >= 0.6 is 0 Å². The van der Waals surface area contributed by atoms with Crippen molar-refractivity contribution in [3.05, 3.63) is 34.9 Å². The number of ether oxygens (including phenoxy) is 1. The lowest BCUT2D eigenvalue weighted by molar-refractivity contribution is 0.0307. The van der Waals surface area contributed by atoms with Gasteiger partial charge < -0.3 is 14.9 Å². The van der Waals surface area contributed by atoms with Gasteiger partial charge in [0.15, 0.2) is 0 Å². The zero-order chi connectivity index (χ0) is 17.1. The average Bonchev–Trinajstić information content (AvgIpc) is 3.14. The van der Waals surface area contributed by atoms with Gasteiger partial charge in [0.1, 0.15) is 5.60 Å². The summed E-state index contributed by atoms with van der Waals surface area (Å²) in [5.41, 5.74) is 2.45. The second-order valence-corrected chi connectivity index (χ2v) is 7.68. The van der Waals surface area contributed by atoms with Crippen molar-refractivity contribution in [2.24, 2.45) is 0 Å². The number of hydrogen-bond acceptors (Lipinski definition) is 3. The van der Waals surface area contributed by atoms with Gasteiger partial charge in [-0.1, -0.05) is 29.4 Å². The van der Waals surface area contributed by atoms with Crippen LogP contribution in [-0.2, 0) is 4.74 Å². The van der Waals surface area contributed by atoms with E-state index in [4.69, 9.17) is 4.74 Å². The molecule has 1 aliphatic carbocycles. The number of hydrogen-bond donors (Lipinski definition) is 2. The molecule has 0 spiro atoms. The van der Waals surface area contributed by atoms with Crippen LogP contribution in [0.4, 0.5) is 0 Å². The van der Waals surface area contributed by atoms with Crippen molar-refractivity contribution in [2.75, 3.05) is 6.61 Å². The first-order chi connectivity index (χ1) is 10.8. The topological polar surface area (TPSA) is 53.0 Å². The minimum absolute atomic E-state index is 0.0722. The monoisotopic (exact) mass is 320 g/mol. The zero-order valence-corrected chi connectivity index (χ0v) is 15.1. The van der Waals surface area contributed by atoms with Crippen LogP contribution in [0.3, 0.4) is 0 Å². The van der Waals surface area contributed by atoms with E-state index in [2.05, 4.69) is 32.9 Å². The second kappa shape index (κ2) is 7.33. The van der Waals surface area contributed by atoms with Crippen molar-refractivity contribution in [3.8, 4) is 0 Å². The molecule has 0 aromatic carbocycles. The Balaban J connectivity index is 2.18. The van der Waals surface area contributed by atoms with Gasteiger partial charge in [0.05, 0.1) is 18.3 Å². The highest BCUT2D eigenvalue weighted by Gasteiger charge is 2.50. The van der Waals surface area contributed by atoms with Crippen LogP contribution in [0.1, 0.15) is 66.2 Å². The summed E-state index contributed by atoms with van der Waals surface area (Å²) in [5, 5.41) is 19.9. The summed E-state index contributed by atoms with van der Waals surface area (Å²) in [6.07, 6.45) is 12.6. The van der Waals surface area contributed by atoms with E-state index < -0.39 is 5.60 Å². The number of epoxide rings is 1. The fourth-order valence-electron chi connectivity index (χ4n) is 3.23. The molecule has 0 saturated carbocycles. The molecule has 130 valence electrons. The maximum Gasteiger partial charge on any atom is 0.106 e. The minimum atomic E-state index is -1.15. The Kier molecular flexibility index (Phi) is 5.88. The van der Waals surface area contributed by atoms with E-state index in [1.165, 1.54) is 11.1 Å². The van der Waals surface area contributed by atoms with Crippen molar-refractivity contribution in [2.45, 2.75) is 83.5 Å². The fraction of sp³-hybridized carbons (Fsp3) is 0.700. The van der Waals surface area contributed by atoms with E-state index in [-0.39, 0.29) is 12.2 Å². The maximum absolute atomic E-state index is 10.4. The van der Waals surface area contributed by atoms with Gasteiger partial charge in [-0.05, 0) is 71.8 Å². The first kappa shape index (κ1) is 18.4. The van der Waals surface area contributed by atoms with Crippen LogP contribution in [0.15, 0.2) is 34.9 Å². The lowest BCUT2D eigenvalue weighted by Crippen LogP contribution is -2.31. The van der Waals surface area contributed by atoms with E-state index in [0.29, 0.717) is 6.10 Å². The van der Waals surface area contributed by atoms with Crippen LogP contribution in [0.2, 0.25) is 0 Å². The van der Waals surface area contributed by atoms with Crippen molar-refractivity contribution < 1.29 is 14.9 Å². The SMILES string of the molecule is C/C1=C\CC[C@]2(C)OC2CC/C(C)=C/C=C(/C(C)(O)CO)CC1. The third-order valence-electron chi connectivity index (χ3n) is 5.33. The highest BCUT2D eigenvalue weighted by Crippen LogP contribution is 2.43. The molecule has 1 fully saturated rings. The van der Waals surface area contributed by atoms with E-state index in [1.807, 2.05) is 6.08 Å². The first-order valence-corrected chi connectivity index (χ1v) is 8.80. The Hall–Kier alpha value is -0.900. The van der Waals surface area contributed by atoms with Gasteiger partial charge in [0.2, 0.25) is 0 Å². The number of aliphatic hydroxyl groups is 2. The summed E-state index contributed by atoms with van der Waals surface area (Å²) in [7, 11) is 0. The highest BCUT2D eigenvalue weighted by atomic mass is 16.6. The third-order valence-corrected chi connectivity index (χ3v) is 5.33. The molecule has 23 heavy (non-hydrogen) atoms. The largest absolute Gasteiger partial charge is 0.393 e. The van der Waals surface area contributed by atoms with Crippen LogP contribution in [0, 0.1) is 0 Å². The smallest absolute Gasteiger partial charge is 0.106 e. The van der Waals surface area contributed by atoms with Gasteiger partial charge in [-0.2, -0.15) is 0 Å². The van der Waals surface area contributed by atoms with E-state index in [1.54, 1.807) is 6.92 Å². The number of allylic oxidation sites excluding steroid dienone is 5. The Labute approximate surface area is 140 Å². The molecule has 3 nitrogen and oxygen atoms in total. The summed E-state index contributed by atoms with van der Waals surface area (Å²) in [5.74, 6) is 0. The summed E-state index contributed by atoms with van der Waals surface area (Å²) in [6, 6.07) is 0. The second-order valence-electron chi connectivity index (χ2n) is 7.68. The molecular formula is C20H32O3. The molecule has 2 rings (SSSR count). The summed E-state index contributed by atoms with van der Waals surface area (Å²) < 4.78 is 5.91. The van der Waals surface area contributed by atoms with Gasteiger partial charge in [0.25, 0.3) is 0 Å². The number of aliphatic hydroxyl groups excluding tert-OH is 1. The average molecular weight is 320 g/mol. The van der Waals surface area contributed by atoms with Gasteiger partial charge in [-0.15, -0.1) is 0 Å². The summed E-state index contributed by atoms with van der Waals surface area (Å²) in [4.78, 5) is 0. The minimum Gasteiger partial charge on any atom is -0.393 e. The molecule has 0 amide bonds. The predicted octanol–water partition coefficient (Wildman–Crippen LogP) is 4.06. The standard InChI is InChI=1S/C20H32O3/c1-15-6-5-13-20(4)18(23-20)12-9-16(2)8-11-17(10-7-15)19(3,22)14-21/h6,8,11,18,21-22H,5,7,9-10,12-14H2,1-4H3/b15-6+,16-8+,17-11+/t18?,19?,20-/m0/s1. The molecule has 1 saturated heterocycles. The van der Waals surface area contributed by atoms with E-state index >= 15 is 0 Å². The van der Waals surface area contributed by atoms with Gasteiger partial charge in [-0.3, -0.25) is 0 Å². The van der Waals surface area contributed by atoms with Crippen molar-refractivity contribution in [1.82, 2.24) is 0 Å². The molecule has 2 unspecified atom stereocenters. The fourth-order valence-corrected chi connectivity index (χ4v) is 3.23. The quantitative estimate of drug-likeness (QED) is 0.596. The lowest BCUT2D eigenvalue weighted by atomic mass is 9.89. The Morgan fingerprint density at radius 3 is 2.65 bits per heavy atom. The molecule has 2 aliphatic rings. The highest BCUT2D eigenvalue weighted by molar-refractivity contribution is 5.25. The Bertz CT molecular complexity index is 513. The molecule has 2 N–H and O–H groups in total. The van der Waals surface area contributed by atoms with E-state index in [0.717, 1.165) is 44.1 Å². The lowest BCUT2D eigenvalue weighted by Gasteiger charge is -2.24. The van der Waals surface area contributed by atoms with Crippen LogP contribution < -0.4 is 0 Å². The van der Waals surface area contributed by atoms with Crippen LogP contribution in [-0.4, -0.2) is 34.1 Å². The number of rotatable bonds is 2. The molecular weight excluding hydrogens is 288 g/mol. The van der Waals surface area contributed by atoms with Crippen LogP contribution in [0.25, 0.3) is 0 Å². The first-order valence-electron chi connectivity index (χ1n) is 8.80. The molecule has 0 aromatic heterocycles. The van der Waals surface area contributed by atoms with Crippen molar-refractivity contribution in [3.63, 3.8) is 0 Å². The van der Waals surface area contributed by atoms with Crippen molar-refractivity contribution in [1.29, 1.82) is 0 Å². The van der Waals surface area contributed by atoms with Gasteiger partial charge >= 0.3 is 0 Å². The Morgan fingerprint density at radius 1 is 1.22 bits per heavy atom. The Morgan fingerprint density at radius 2 is 1.96 bits per heavy atom. The van der Waals surface area contributed by atoms with Crippen molar-refractivity contribution >= 4 is 0 Å². The van der Waals surface area contributed by atoms with Gasteiger partial charge in [-0.25, -0.2) is 0 Å². The molecule has 1 heterocycles. The predicted molar refractivity (Wildman–Crippen MR) is 94.3 cm³/mol. The molecule has 0 aromatic rings. The normalized spacial score (nSPS) is 39.4. The molecule has 3 atom stereocenters. The summed E-state index contributed by atoms with van der Waals surface area (Å²) >= 11 is 0. The maximum atomic E-state index is 10.4. The third kappa shape index (κ3) is 5.03. The van der Waals surface area contributed by atoms with E-state index in [9.17, 15) is 10.2 Å². The molecule has 3 heteroatoms. The molecule has 0 radical (unpaired) electrons. The molecule has 1 aliphatic heterocycles. The zero-order valence-electron chi connectivity index (χ0n) is 15.1.